The van der Waals surface area contributed by atoms with Crippen LogP contribution in [0.25, 0.3) is 11.3 Å². The lowest BCUT2D eigenvalue weighted by Gasteiger charge is -2.31. The third-order valence-electron chi connectivity index (χ3n) is 4.54. The predicted octanol–water partition coefficient (Wildman–Crippen LogP) is 2.53. The average molecular weight is 394 g/mol. The Morgan fingerprint density at radius 1 is 1.25 bits per heavy atom. The minimum Gasteiger partial charge on any atom is -0.291 e. The van der Waals surface area contributed by atoms with Gasteiger partial charge in [-0.15, -0.1) is 0 Å². The van der Waals surface area contributed by atoms with Crippen LogP contribution in [0.1, 0.15) is 32.0 Å². The van der Waals surface area contributed by atoms with E-state index in [0.29, 0.717) is 22.1 Å². The second kappa shape index (κ2) is 7.55. The molecule has 28 heavy (non-hydrogen) atoms. The number of hydrogen-bond donors (Lipinski definition) is 1. The van der Waals surface area contributed by atoms with E-state index in [4.69, 9.17) is 5.10 Å². The molecule has 0 saturated heterocycles. The first-order valence-electron chi connectivity index (χ1n) is 9.10. The van der Waals surface area contributed by atoms with Gasteiger partial charge in [-0.3, -0.25) is 19.6 Å². The number of pyridine rings is 1. The van der Waals surface area contributed by atoms with E-state index in [9.17, 15) is 9.59 Å². The topological polar surface area (TPSA) is 82.8 Å². The Balaban J connectivity index is 2.02. The maximum atomic E-state index is 13.0. The molecule has 3 aromatic rings. The van der Waals surface area contributed by atoms with Gasteiger partial charge in [-0.2, -0.15) is 0 Å². The quantitative estimate of drug-likeness (QED) is 0.543. The summed E-state index contributed by atoms with van der Waals surface area (Å²) in [6, 6.07) is 11.1. The third kappa shape index (κ3) is 3.09. The summed E-state index contributed by atoms with van der Waals surface area (Å²) in [6.45, 7) is 3.60. The number of fused-ring (bicyclic) bond motifs is 3. The molecule has 0 aliphatic carbocycles. The van der Waals surface area contributed by atoms with Crippen LogP contribution in [-0.2, 0) is 4.79 Å². The lowest BCUT2D eigenvalue weighted by Crippen LogP contribution is -2.60. The number of rotatable bonds is 4. The largest absolute Gasteiger partial charge is 0.325 e. The van der Waals surface area contributed by atoms with Gasteiger partial charge < -0.3 is 0 Å². The van der Waals surface area contributed by atoms with Gasteiger partial charge in [-0.25, -0.2) is 4.90 Å². The molecule has 0 saturated carbocycles. The minimum absolute atomic E-state index is 0.128. The van der Waals surface area contributed by atoms with Crippen LogP contribution in [-0.4, -0.2) is 26.7 Å². The SMILES string of the molecule is CCCSc1n[n+]2c(c(=O)[nH]1)-c1ccccc1N(C(C)=O)[C@@H]2c1ccncc1. The van der Waals surface area contributed by atoms with E-state index >= 15 is 0 Å². The predicted molar refractivity (Wildman–Crippen MR) is 107 cm³/mol. The Morgan fingerprint density at radius 2 is 2.00 bits per heavy atom. The van der Waals surface area contributed by atoms with Crippen molar-refractivity contribution in [1.29, 1.82) is 0 Å². The summed E-state index contributed by atoms with van der Waals surface area (Å²) in [6.07, 6.45) is 3.75. The molecule has 7 nitrogen and oxygen atoms in total. The van der Waals surface area contributed by atoms with Crippen LogP contribution in [0.5, 0.6) is 0 Å². The number of amides is 1. The summed E-state index contributed by atoms with van der Waals surface area (Å²) >= 11 is 1.49. The van der Waals surface area contributed by atoms with E-state index in [1.165, 1.54) is 18.7 Å². The van der Waals surface area contributed by atoms with Gasteiger partial charge in [-0.1, -0.05) is 30.8 Å². The Kier molecular flexibility index (Phi) is 4.95. The standard InChI is InChI=1S/C20H19N5O2S/c1-3-12-28-20-22-18(27)17-15-6-4-5-7-16(15)24(13(2)26)19(25(17)23-20)14-8-10-21-11-9-14/h4-11,19H,3,12H2,1-2H3/p+1/t19-/m0/s1. The van der Waals surface area contributed by atoms with Gasteiger partial charge in [-0.05, 0) is 35.4 Å². The molecule has 0 fully saturated rings. The lowest BCUT2D eigenvalue weighted by atomic mass is 10.0. The summed E-state index contributed by atoms with van der Waals surface area (Å²) < 4.78 is 1.66. The second-order valence-electron chi connectivity index (χ2n) is 6.46. The Labute approximate surface area is 166 Å². The molecule has 1 aliphatic heterocycles. The van der Waals surface area contributed by atoms with Gasteiger partial charge in [0.05, 0.1) is 11.3 Å². The number of H-pyrrole nitrogens is 1. The summed E-state index contributed by atoms with van der Waals surface area (Å²) in [7, 11) is 0. The van der Waals surface area contributed by atoms with Crippen LogP contribution in [0, 0.1) is 0 Å². The fraction of sp³-hybridized carbons (Fsp3) is 0.250. The fourth-order valence-corrected chi connectivity index (χ4v) is 4.12. The maximum absolute atomic E-state index is 13.0. The number of nitrogens with zero attached hydrogens (tertiary/aromatic N) is 4. The van der Waals surface area contributed by atoms with Crippen LogP contribution in [0.3, 0.4) is 0 Å². The summed E-state index contributed by atoms with van der Waals surface area (Å²) in [5.74, 6) is 0.715. The van der Waals surface area contributed by atoms with Crippen molar-refractivity contribution in [2.24, 2.45) is 0 Å². The van der Waals surface area contributed by atoms with Crippen LogP contribution >= 0.6 is 11.8 Å². The van der Waals surface area contributed by atoms with Crippen molar-refractivity contribution in [2.75, 3.05) is 10.7 Å². The zero-order valence-electron chi connectivity index (χ0n) is 15.6. The van der Waals surface area contributed by atoms with E-state index < -0.39 is 6.17 Å². The van der Waals surface area contributed by atoms with Gasteiger partial charge in [0, 0.05) is 35.7 Å². The normalized spacial score (nSPS) is 15.1. The van der Waals surface area contributed by atoms with Crippen molar-refractivity contribution in [3.63, 3.8) is 0 Å². The number of carbonyl (C=O) groups excluding carboxylic acids is 1. The highest BCUT2D eigenvalue weighted by Crippen LogP contribution is 2.36. The van der Waals surface area contributed by atoms with E-state index in [1.54, 1.807) is 22.0 Å². The Bertz CT molecular complexity index is 1080. The van der Waals surface area contributed by atoms with Crippen LogP contribution in [0.4, 0.5) is 5.69 Å². The van der Waals surface area contributed by atoms with Crippen LogP contribution in [0.15, 0.2) is 58.7 Å². The molecule has 0 spiro atoms. The molecule has 1 amide bonds. The molecular formula is C20H20N5O2S+. The zero-order chi connectivity index (χ0) is 19.7. The number of para-hydroxylation sites is 1. The molecule has 1 N–H and O–H groups in total. The molecule has 4 rings (SSSR count). The van der Waals surface area contributed by atoms with Crippen molar-refractivity contribution in [1.82, 2.24) is 15.1 Å². The molecule has 142 valence electrons. The third-order valence-corrected chi connectivity index (χ3v) is 5.61. The molecular weight excluding hydrogens is 374 g/mol. The highest BCUT2D eigenvalue weighted by Gasteiger charge is 2.44. The summed E-state index contributed by atoms with van der Waals surface area (Å²) in [5.41, 5.74) is 2.43. The highest BCUT2D eigenvalue weighted by atomic mass is 32.2. The number of aromatic amines is 1. The maximum Gasteiger partial charge on any atom is 0.325 e. The first-order valence-corrected chi connectivity index (χ1v) is 10.1. The van der Waals surface area contributed by atoms with Gasteiger partial charge in [0.1, 0.15) is 0 Å². The van der Waals surface area contributed by atoms with Crippen molar-refractivity contribution in [3.8, 4) is 11.3 Å². The molecule has 1 aliphatic rings. The van der Waals surface area contributed by atoms with Gasteiger partial charge in [0.2, 0.25) is 11.1 Å². The van der Waals surface area contributed by atoms with E-state index in [2.05, 4.69) is 16.9 Å². The van der Waals surface area contributed by atoms with Crippen LogP contribution in [0.2, 0.25) is 0 Å². The average Bonchev–Trinajstić information content (AvgIpc) is 2.71. The van der Waals surface area contributed by atoms with Crippen molar-refractivity contribution >= 4 is 23.4 Å². The van der Waals surface area contributed by atoms with Crippen molar-refractivity contribution in [3.05, 3.63) is 64.7 Å². The molecule has 8 heteroatoms. The molecule has 2 aromatic heterocycles. The highest BCUT2D eigenvalue weighted by molar-refractivity contribution is 7.99. The van der Waals surface area contributed by atoms with Gasteiger partial charge >= 0.3 is 11.3 Å². The number of aromatic nitrogens is 4. The monoisotopic (exact) mass is 394 g/mol. The van der Waals surface area contributed by atoms with E-state index in [0.717, 1.165) is 17.7 Å². The van der Waals surface area contributed by atoms with Crippen LogP contribution < -0.4 is 15.1 Å². The first-order chi connectivity index (χ1) is 13.6. The number of anilines is 1. The fourth-order valence-electron chi connectivity index (χ4n) is 3.41. The molecule has 3 heterocycles. The van der Waals surface area contributed by atoms with Gasteiger partial charge in [0.15, 0.2) is 0 Å². The Hall–Kier alpha value is -3.00. The van der Waals surface area contributed by atoms with E-state index in [-0.39, 0.29) is 11.5 Å². The number of nitrogens with one attached hydrogen (secondary N) is 1. The van der Waals surface area contributed by atoms with Crippen molar-refractivity contribution in [2.45, 2.75) is 31.6 Å². The minimum atomic E-state index is -0.561. The molecule has 0 bridgehead atoms. The zero-order valence-corrected chi connectivity index (χ0v) is 16.4. The first kappa shape index (κ1) is 18.4. The molecule has 0 unspecified atom stereocenters. The summed E-state index contributed by atoms with van der Waals surface area (Å²) in [5, 5.41) is 5.25. The molecule has 0 radical (unpaired) electrons. The number of benzene rings is 1. The second-order valence-corrected chi connectivity index (χ2v) is 7.54. The number of carbonyl (C=O) groups is 1. The van der Waals surface area contributed by atoms with Gasteiger partial charge in [0.25, 0.3) is 6.17 Å². The Morgan fingerprint density at radius 3 is 2.71 bits per heavy atom. The summed E-state index contributed by atoms with van der Waals surface area (Å²) in [4.78, 5) is 34.3. The number of thioether (sulfide) groups is 1. The number of hydrogen-bond acceptors (Lipinski definition) is 5. The molecule has 1 atom stereocenters. The molecule has 1 aromatic carbocycles. The van der Waals surface area contributed by atoms with E-state index in [1.807, 2.05) is 36.4 Å². The smallest absolute Gasteiger partial charge is 0.291 e. The van der Waals surface area contributed by atoms with Crippen molar-refractivity contribution < 1.29 is 9.48 Å². The lowest BCUT2D eigenvalue weighted by molar-refractivity contribution is -0.763.